The number of aryl methyl sites for hydroxylation is 1. The summed E-state index contributed by atoms with van der Waals surface area (Å²) in [6, 6.07) is 5.78. The molecule has 1 aromatic heterocycles. The lowest BCUT2D eigenvalue weighted by molar-refractivity contribution is 0.102. The summed E-state index contributed by atoms with van der Waals surface area (Å²) in [5, 5.41) is 12.0. The SMILES string of the molecule is CCCCc1nnc(NC(=O)c2ccc(S(C)(=O)=O)cc2)s1. The van der Waals surface area contributed by atoms with Gasteiger partial charge in [0.15, 0.2) is 9.84 Å². The zero-order valence-electron chi connectivity index (χ0n) is 12.4. The zero-order valence-corrected chi connectivity index (χ0v) is 14.0. The molecule has 0 saturated carbocycles. The van der Waals surface area contributed by atoms with E-state index in [0.29, 0.717) is 10.7 Å². The van der Waals surface area contributed by atoms with Gasteiger partial charge in [0, 0.05) is 18.2 Å². The normalized spacial score (nSPS) is 11.4. The standard InChI is InChI=1S/C14H17N3O3S2/c1-3-4-5-12-16-17-14(21-12)15-13(18)10-6-8-11(9-7-10)22(2,19)20/h6-9H,3-5H2,1-2H3,(H,15,17,18). The van der Waals surface area contributed by atoms with Crippen molar-refractivity contribution in [2.45, 2.75) is 31.1 Å². The van der Waals surface area contributed by atoms with E-state index >= 15 is 0 Å². The van der Waals surface area contributed by atoms with Gasteiger partial charge in [-0.05, 0) is 30.7 Å². The summed E-state index contributed by atoms with van der Waals surface area (Å²) in [7, 11) is -3.26. The molecule has 0 aliphatic rings. The average molecular weight is 339 g/mol. The summed E-state index contributed by atoms with van der Waals surface area (Å²) in [6.07, 6.45) is 4.09. The van der Waals surface area contributed by atoms with Gasteiger partial charge >= 0.3 is 0 Å². The highest BCUT2D eigenvalue weighted by molar-refractivity contribution is 7.90. The number of nitrogens with zero attached hydrogens (tertiary/aromatic N) is 2. The fourth-order valence-electron chi connectivity index (χ4n) is 1.76. The Morgan fingerprint density at radius 2 is 1.91 bits per heavy atom. The molecule has 0 aliphatic heterocycles. The van der Waals surface area contributed by atoms with Crippen LogP contribution in [0, 0.1) is 0 Å². The molecule has 1 heterocycles. The van der Waals surface area contributed by atoms with Gasteiger partial charge in [-0.3, -0.25) is 10.1 Å². The lowest BCUT2D eigenvalue weighted by atomic mass is 10.2. The first kappa shape index (κ1) is 16.6. The lowest BCUT2D eigenvalue weighted by Gasteiger charge is -2.02. The van der Waals surface area contributed by atoms with E-state index in [-0.39, 0.29) is 10.8 Å². The van der Waals surface area contributed by atoms with E-state index in [2.05, 4.69) is 22.4 Å². The van der Waals surface area contributed by atoms with E-state index in [9.17, 15) is 13.2 Å². The minimum absolute atomic E-state index is 0.182. The molecule has 118 valence electrons. The minimum Gasteiger partial charge on any atom is -0.296 e. The molecule has 0 spiro atoms. The summed E-state index contributed by atoms with van der Waals surface area (Å²) in [4.78, 5) is 12.3. The van der Waals surface area contributed by atoms with E-state index in [1.165, 1.54) is 35.6 Å². The zero-order chi connectivity index (χ0) is 16.2. The molecule has 8 heteroatoms. The second-order valence-electron chi connectivity index (χ2n) is 4.86. The number of sulfone groups is 1. The molecule has 22 heavy (non-hydrogen) atoms. The molecule has 1 aromatic carbocycles. The van der Waals surface area contributed by atoms with Crippen LogP contribution in [0.15, 0.2) is 29.2 Å². The van der Waals surface area contributed by atoms with Gasteiger partial charge in [-0.25, -0.2) is 8.42 Å². The number of nitrogens with one attached hydrogen (secondary N) is 1. The predicted molar refractivity (Wildman–Crippen MR) is 86.0 cm³/mol. The molecular formula is C14H17N3O3S2. The molecule has 0 atom stereocenters. The van der Waals surface area contributed by atoms with Crippen LogP contribution in [-0.2, 0) is 16.3 Å². The van der Waals surface area contributed by atoms with Crippen LogP contribution < -0.4 is 5.32 Å². The van der Waals surface area contributed by atoms with Crippen LogP contribution in [0.5, 0.6) is 0 Å². The molecule has 0 bridgehead atoms. The van der Waals surface area contributed by atoms with Crippen LogP contribution in [0.1, 0.15) is 35.1 Å². The molecule has 1 N–H and O–H groups in total. The third kappa shape index (κ3) is 4.35. The summed E-state index contributed by atoms with van der Waals surface area (Å²) >= 11 is 1.35. The summed E-state index contributed by atoms with van der Waals surface area (Å²) in [5.74, 6) is -0.335. The van der Waals surface area contributed by atoms with E-state index in [0.717, 1.165) is 30.5 Å². The van der Waals surface area contributed by atoms with E-state index in [4.69, 9.17) is 0 Å². The highest BCUT2D eigenvalue weighted by Gasteiger charge is 2.12. The summed E-state index contributed by atoms with van der Waals surface area (Å²) in [6.45, 7) is 2.10. The van der Waals surface area contributed by atoms with Crippen molar-refractivity contribution in [2.75, 3.05) is 11.6 Å². The van der Waals surface area contributed by atoms with Crippen molar-refractivity contribution < 1.29 is 13.2 Å². The number of anilines is 1. The maximum atomic E-state index is 12.1. The Morgan fingerprint density at radius 1 is 1.23 bits per heavy atom. The lowest BCUT2D eigenvalue weighted by Crippen LogP contribution is -2.11. The van der Waals surface area contributed by atoms with Crippen LogP contribution in [0.4, 0.5) is 5.13 Å². The Bertz CT molecular complexity index is 752. The maximum Gasteiger partial charge on any atom is 0.257 e. The van der Waals surface area contributed by atoms with E-state index in [1.807, 2.05) is 0 Å². The molecule has 0 aliphatic carbocycles. The molecule has 0 saturated heterocycles. The first-order valence-electron chi connectivity index (χ1n) is 6.84. The molecular weight excluding hydrogens is 322 g/mol. The van der Waals surface area contributed by atoms with Gasteiger partial charge in [0.1, 0.15) is 5.01 Å². The fraction of sp³-hybridized carbons (Fsp3) is 0.357. The topological polar surface area (TPSA) is 89.0 Å². The molecule has 6 nitrogen and oxygen atoms in total. The van der Waals surface area contributed by atoms with Crippen LogP contribution >= 0.6 is 11.3 Å². The van der Waals surface area contributed by atoms with Crippen LogP contribution in [0.2, 0.25) is 0 Å². The number of amides is 1. The number of aromatic nitrogens is 2. The smallest absolute Gasteiger partial charge is 0.257 e. The third-order valence-electron chi connectivity index (χ3n) is 2.98. The molecule has 0 radical (unpaired) electrons. The number of benzene rings is 1. The second kappa shape index (κ2) is 6.97. The highest BCUT2D eigenvalue weighted by atomic mass is 32.2. The Morgan fingerprint density at radius 3 is 2.50 bits per heavy atom. The van der Waals surface area contributed by atoms with Gasteiger partial charge in [0.05, 0.1) is 4.90 Å². The quantitative estimate of drug-likeness (QED) is 0.873. The minimum atomic E-state index is -3.26. The maximum absolute atomic E-state index is 12.1. The molecule has 2 aromatic rings. The number of hydrogen-bond donors (Lipinski definition) is 1. The van der Waals surface area contributed by atoms with Crippen molar-refractivity contribution >= 4 is 32.2 Å². The van der Waals surface area contributed by atoms with E-state index < -0.39 is 9.84 Å². The molecule has 0 fully saturated rings. The van der Waals surface area contributed by atoms with Crippen molar-refractivity contribution in [1.29, 1.82) is 0 Å². The van der Waals surface area contributed by atoms with Gasteiger partial charge < -0.3 is 0 Å². The first-order chi connectivity index (χ1) is 10.4. The van der Waals surface area contributed by atoms with Crippen molar-refractivity contribution in [1.82, 2.24) is 10.2 Å². The Kier molecular flexibility index (Phi) is 5.25. The number of carbonyl (C=O) groups is 1. The van der Waals surface area contributed by atoms with Gasteiger partial charge in [0.2, 0.25) is 5.13 Å². The van der Waals surface area contributed by atoms with Gasteiger partial charge in [-0.1, -0.05) is 24.7 Å². The van der Waals surface area contributed by atoms with Gasteiger partial charge in [0.25, 0.3) is 5.91 Å². The number of rotatable bonds is 6. The average Bonchev–Trinajstić information content (AvgIpc) is 2.92. The fourth-order valence-corrected chi connectivity index (χ4v) is 3.16. The molecule has 2 rings (SSSR count). The van der Waals surface area contributed by atoms with Crippen LogP contribution in [0.3, 0.4) is 0 Å². The van der Waals surface area contributed by atoms with Gasteiger partial charge in [-0.2, -0.15) is 0 Å². The molecule has 0 unspecified atom stereocenters. The second-order valence-corrected chi connectivity index (χ2v) is 7.93. The van der Waals surface area contributed by atoms with Crippen LogP contribution in [0.25, 0.3) is 0 Å². The first-order valence-corrected chi connectivity index (χ1v) is 9.55. The van der Waals surface area contributed by atoms with Crippen molar-refractivity contribution in [3.05, 3.63) is 34.8 Å². The third-order valence-corrected chi connectivity index (χ3v) is 5.00. The summed E-state index contributed by atoms with van der Waals surface area (Å²) in [5.41, 5.74) is 0.373. The van der Waals surface area contributed by atoms with Gasteiger partial charge in [-0.15, -0.1) is 10.2 Å². The largest absolute Gasteiger partial charge is 0.296 e. The number of hydrogen-bond acceptors (Lipinski definition) is 6. The van der Waals surface area contributed by atoms with Crippen molar-refractivity contribution in [3.8, 4) is 0 Å². The monoisotopic (exact) mass is 339 g/mol. The van der Waals surface area contributed by atoms with Crippen LogP contribution in [-0.4, -0.2) is 30.8 Å². The van der Waals surface area contributed by atoms with Crippen molar-refractivity contribution in [3.63, 3.8) is 0 Å². The number of unbranched alkanes of at least 4 members (excludes halogenated alkanes) is 1. The molecule has 1 amide bonds. The highest BCUT2D eigenvalue weighted by Crippen LogP contribution is 2.18. The summed E-state index contributed by atoms with van der Waals surface area (Å²) < 4.78 is 22.8. The Labute approximate surface area is 133 Å². The van der Waals surface area contributed by atoms with Crippen molar-refractivity contribution in [2.24, 2.45) is 0 Å². The Balaban J connectivity index is 2.04. The number of carbonyl (C=O) groups excluding carboxylic acids is 1. The predicted octanol–water partition coefficient (Wildman–Crippen LogP) is 2.54. The Hall–Kier alpha value is -1.80. The van der Waals surface area contributed by atoms with E-state index in [1.54, 1.807) is 0 Å².